The number of nitrogens with zero attached hydrogens (tertiary/aromatic N) is 1. The Morgan fingerprint density at radius 2 is 1.76 bits per heavy atom. The minimum Gasteiger partial charge on any atom is -0.393 e. The summed E-state index contributed by atoms with van der Waals surface area (Å²) in [4.78, 5) is 17.2. The summed E-state index contributed by atoms with van der Waals surface area (Å²) in [6.07, 6.45) is -0.00183. The highest BCUT2D eigenvalue weighted by atomic mass is 35.5. The van der Waals surface area contributed by atoms with Crippen molar-refractivity contribution in [2.45, 2.75) is 18.0 Å². The zero-order chi connectivity index (χ0) is 25.4. The Balaban J connectivity index is 2.13. The molecule has 0 spiro atoms. The van der Waals surface area contributed by atoms with Gasteiger partial charge in [-0.25, -0.2) is 4.79 Å². The molecule has 0 radical (unpaired) electrons. The molecule has 0 heterocycles. The van der Waals surface area contributed by atoms with Gasteiger partial charge in [-0.15, -0.1) is 0 Å². The number of amidine groups is 1. The molecule has 0 bridgehead atoms. The zero-order valence-electron chi connectivity index (χ0n) is 17.3. The standard InChI is InChI=1S/C19H20ClF3N4O6S/c20-13-3-5-14(6-4-13)25-18(29)26-16(17(24)27-32-10-9-28)11-12-1-7-15(8-2-12)33-34(30,31)19(21,22)23/h1-8,16,28H,9-11H2,(H2,24,27)(H2,25,26,29)/t16-/m0/s1. The zero-order valence-corrected chi connectivity index (χ0v) is 18.8. The average Bonchev–Trinajstić information content (AvgIpc) is 2.75. The molecule has 2 aromatic rings. The predicted octanol–water partition coefficient (Wildman–Crippen LogP) is 2.58. The first-order chi connectivity index (χ1) is 15.9. The van der Waals surface area contributed by atoms with E-state index in [1.165, 1.54) is 12.1 Å². The first-order valence-corrected chi connectivity index (χ1v) is 11.2. The number of aliphatic hydroxyl groups is 1. The normalized spacial score (nSPS) is 13.1. The van der Waals surface area contributed by atoms with E-state index in [2.05, 4.69) is 20.0 Å². The van der Waals surface area contributed by atoms with E-state index in [0.717, 1.165) is 12.1 Å². The van der Waals surface area contributed by atoms with Crippen LogP contribution in [0.3, 0.4) is 0 Å². The van der Waals surface area contributed by atoms with Crippen LogP contribution < -0.4 is 20.6 Å². The molecule has 10 nitrogen and oxygen atoms in total. The fourth-order valence-electron chi connectivity index (χ4n) is 2.40. The van der Waals surface area contributed by atoms with Crippen molar-refractivity contribution in [1.82, 2.24) is 5.32 Å². The van der Waals surface area contributed by atoms with Gasteiger partial charge in [0.05, 0.1) is 12.6 Å². The number of halogens is 4. The maximum Gasteiger partial charge on any atom is 0.534 e. The van der Waals surface area contributed by atoms with Crippen LogP contribution in [0.25, 0.3) is 0 Å². The number of rotatable bonds is 10. The van der Waals surface area contributed by atoms with E-state index in [0.29, 0.717) is 16.3 Å². The SMILES string of the molecule is N/C(=N\OCCO)[C@H](Cc1ccc(OS(=O)(=O)C(F)(F)F)cc1)NC(=O)Nc1ccc(Cl)cc1. The van der Waals surface area contributed by atoms with Gasteiger partial charge in [-0.1, -0.05) is 28.9 Å². The van der Waals surface area contributed by atoms with Crippen molar-refractivity contribution >= 4 is 39.3 Å². The van der Waals surface area contributed by atoms with Crippen LogP contribution >= 0.6 is 11.6 Å². The summed E-state index contributed by atoms with van der Waals surface area (Å²) in [5.41, 5.74) is 1.18. The average molecular weight is 525 g/mol. The Morgan fingerprint density at radius 3 is 2.32 bits per heavy atom. The molecule has 1 atom stereocenters. The first-order valence-electron chi connectivity index (χ1n) is 9.40. The summed E-state index contributed by atoms with van der Waals surface area (Å²) in [5, 5.41) is 18.0. The third-order valence-corrected chi connectivity index (χ3v) is 5.20. The molecule has 2 aromatic carbocycles. The van der Waals surface area contributed by atoms with E-state index in [-0.39, 0.29) is 25.5 Å². The van der Waals surface area contributed by atoms with Gasteiger partial charge in [0.25, 0.3) is 0 Å². The van der Waals surface area contributed by atoms with Crippen molar-refractivity contribution in [3.8, 4) is 5.75 Å². The second-order valence-corrected chi connectivity index (χ2v) is 8.54. The lowest BCUT2D eigenvalue weighted by atomic mass is 10.1. The number of benzene rings is 2. The Morgan fingerprint density at radius 1 is 1.15 bits per heavy atom. The van der Waals surface area contributed by atoms with Crippen molar-refractivity contribution in [2.75, 3.05) is 18.5 Å². The summed E-state index contributed by atoms with van der Waals surface area (Å²) >= 11 is 5.80. The van der Waals surface area contributed by atoms with Crippen molar-refractivity contribution in [2.24, 2.45) is 10.9 Å². The van der Waals surface area contributed by atoms with Gasteiger partial charge in [-0.3, -0.25) is 0 Å². The second-order valence-electron chi connectivity index (χ2n) is 6.56. The number of hydrogen-bond acceptors (Lipinski definition) is 7. The van der Waals surface area contributed by atoms with Crippen LogP contribution in [0.2, 0.25) is 5.02 Å². The molecule has 2 amide bonds. The fraction of sp³-hybridized carbons (Fsp3) is 0.263. The molecule has 186 valence electrons. The maximum atomic E-state index is 12.5. The minimum atomic E-state index is -5.81. The van der Waals surface area contributed by atoms with Crippen molar-refractivity contribution in [1.29, 1.82) is 0 Å². The monoisotopic (exact) mass is 524 g/mol. The number of amides is 2. The molecule has 0 aromatic heterocycles. The van der Waals surface area contributed by atoms with Gasteiger partial charge in [0, 0.05) is 17.1 Å². The molecular formula is C19H20ClF3N4O6S. The first kappa shape index (κ1) is 27.0. The fourth-order valence-corrected chi connectivity index (χ4v) is 2.99. The Kier molecular flexibility index (Phi) is 9.35. The Hall–Kier alpha value is -3.23. The van der Waals surface area contributed by atoms with Crippen molar-refractivity contribution in [3.05, 3.63) is 59.1 Å². The van der Waals surface area contributed by atoms with Gasteiger partial charge in [-0.2, -0.15) is 21.6 Å². The predicted molar refractivity (Wildman–Crippen MR) is 118 cm³/mol. The van der Waals surface area contributed by atoms with Crippen LogP contribution in [0.5, 0.6) is 5.75 Å². The van der Waals surface area contributed by atoms with E-state index >= 15 is 0 Å². The molecule has 0 aliphatic heterocycles. The highest BCUT2D eigenvalue weighted by Gasteiger charge is 2.48. The number of oxime groups is 1. The van der Waals surface area contributed by atoms with E-state index in [9.17, 15) is 26.4 Å². The van der Waals surface area contributed by atoms with Gasteiger partial charge in [0.1, 0.15) is 12.4 Å². The summed E-state index contributed by atoms with van der Waals surface area (Å²) in [6.45, 7) is -0.474. The molecule has 5 N–H and O–H groups in total. The topological polar surface area (TPSA) is 152 Å². The quantitative estimate of drug-likeness (QED) is 0.0930. The Labute approximate surface area is 197 Å². The number of aliphatic hydroxyl groups excluding tert-OH is 1. The summed E-state index contributed by atoms with van der Waals surface area (Å²) in [6, 6.07) is 9.24. The van der Waals surface area contributed by atoms with Crippen LogP contribution in [0.4, 0.5) is 23.7 Å². The van der Waals surface area contributed by atoms with Crippen LogP contribution in [0.1, 0.15) is 5.56 Å². The molecule has 0 unspecified atom stereocenters. The molecule has 0 aliphatic rings. The van der Waals surface area contributed by atoms with E-state index < -0.39 is 33.4 Å². The largest absolute Gasteiger partial charge is 0.534 e. The van der Waals surface area contributed by atoms with Crippen LogP contribution in [-0.4, -0.2) is 50.2 Å². The number of urea groups is 1. The van der Waals surface area contributed by atoms with E-state index in [4.69, 9.17) is 27.3 Å². The summed E-state index contributed by atoms with van der Waals surface area (Å²) in [5.74, 6) is -0.723. The number of hydrogen-bond donors (Lipinski definition) is 4. The van der Waals surface area contributed by atoms with Gasteiger partial charge in [-0.05, 0) is 42.0 Å². The number of carbonyl (C=O) groups excluding carboxylic acids is 1. The molecule has 0 fully saturated rings. The van der Waals surface area contributed by atoms with Crippen LogP contribution in [0, 0.1) is 0 Å². The third-order valence-electron chi connectivity index (χ3n) is 3.97. The van der Waals surface area contributed by atoms with E-state index in [1.807, 2.05) is 0 Å². The molecule has 34 heavy (non-hydrogen) atoms. The minimum absolute atomic E-state index is 0.00183. The van der Waals surface area contributed by atoms with Crippen LogP contribution in [0.15, 0.2) is 53.7 Å². The summed E-state index contributed by atoms with van der Waals surface area (Å²) in [7, 11) is -5.81. The lowest BCUT2D eigenvalue weighted by molar-refractivity contribution is -0.0500. The van der Waals surface area contributed by atoms with E-state index in [1.54, 1.807) is 24.3 Å². The molecule has 0 saturated heterocycles. The smallest absolute Gasteiger partial charge is 0.393 e. The third kappa shape index (κ3) is 8.28. The molecule has 2 rings (SSSR count). The number of nitrogens with two attached hydrogens (primary N) is 1. The van der Waals surface area contributed by atoms with Gasteiger partial charge in [0.15, 0.2) is 5.84 Å². The lowest BCUT2D eigenvalue weighted by Gasteiger charge is -2.19. The van der Waals surface area contributed by atoms with Crippen molar-refractivity contribution in [3.63, 3.8) is 0 Å². The molecule has 0 aliphatic carbocycles. The number of alkyl halides is 3. The number of carbonyl (C=O) groups is 1. The maximum absolute atomic E-state index is 12.5. The highest BCUT2D eigenvalue weighted by Crippen LogP contribution is 2.27. The number of nitrogens with one attached hydrogen (secondary N) is 2. The van der Waals surface area contributed by atoms with Crippen molar-refractivity contribution < 1.29 is 40.5 Å². The molecular weight excluding hydrogens is 505 g/mol. The lowest BCUT2D eigenvalue weighted by Crippen LogP contribution is -2.47. The molecule has 0 saturated carbocycles. The van der Waals surface area contributed by atoms with Crippen LogP contribution in [-0.2, 0) is 21.4 Å². The number of anilines is 1. The van der Waals surface area contributed by atoms with Gasteiger partial charge < -0.3 is 30.5 Å². The van der Waals surface area contributed by atoms with Gasteiger partial charge >= 0.3 is 21.7 Å². The highest BCUT2D eigenvalue weighted by molar-refractivity contribution is 7.88. The summed E-state index contributed by atoms with van der Waals surface area (Å²) < 4.78 is 63.7. The van der Waals surface area contributed by atoms with Gasteiger partial charge in [0.2, 0.25) is 0 Å². The molecule has 15 heteroatoms. The second kappa shape index (κ2) is 11.8. The Bertz CT molecular complexity index is 1100.